The summed E-state index contributed by atoms with van der Waals surface area (Å²) in [5.74, 6) is 1.26. The van der Waals surface area contributed by atoms with Gasteiger partial charge in [-0.05, 0) is 109 Å². The Bertz CT molecular complexity index is 1500. The van der Waals surface area contributed by atoms with Gasteiger partial charge in [0.05, 0.1) is 5.69 Å². The van der Waals surface area contributed by atoms with Gasteiger partial charge in [-0.1, -0.05) is 17.7 Å². The van der Waals surface area contributed by atoms with Crippen molar-refractivity contribution in [2.75, 3.05) is 0 Å². The lowest BCUT2D eigenvalue weighted by Crippen LogP contribution is -2.63. The maximum absolute atomic E-state index is 13.4. The highest BCUT2D eigenvalue weighted by Gasteiger charge is 2.58. The molecule has 0 radical (unpaired) electrons. The Balaban J connectivity index is 1.14. The van der Waals surface area contributed by atoms with Crippen molar-refractivity contribution in [3.8, 4) is 0 Å². The molecule has 2 amide bonds. The van der Waals surface area contributed by atoms with Crippen LogP contribution in [0.4, 0.5) is 4.79 Å². The van der Waals surface area contributed by atoms with E-state index in [-0.39, 0.29) is 35.0 Å². The molecule has 9 heteroatoms. The maximum atomic E-state index is 13.4. The minimum Gasteiger partial charge on any atom is -0.444 e. The number of hydrogen-bond donors (Lipinski definition) is 1. The summed E-state index contributed by atoms with van der Waals surface area (Å²) in [5, 5.41) is 7.06. The lowest BCUT2D eigenvalue weighted by atomic mass is 9.82. The van der Waals surface area contributed by atoms with E-state index < -0.39 is 5.60 Å². The molecule has 1 aliphatic carbocycles. The highest BCUT2D eigenvalue weighted by Crippen LogP contribution is 2.57. The molecule has 3 aromatic rings. The summed E-state index contributed by atoms with van der Waals surface area (Å²) in [6.45, 7) is 11.8. The van der Waals surface area contributed by atoms with Crippen LogP contribution in [0.3, 0.4) is 0 Å². The first-order valence-corrected chi connectivity index (χ1v) is 15.4. The Morgan fingerprint density at radius 3 is 2.45 bits per heavy atom. The number of hydrogen-bond acceptors (Lipinski definition) is 6. The molecule has 2 saturated heterocycles. The highest BCUT2D eigenvalue weighted by molar-refractivity contribution is 7.16. The van der Waals surface area contributed by atoms with Gasteiger partial charge in [-0.25, -0.2) is 14.8 Å². The van der Waals surface area contributed by atoms with Crippen molar-refractivity contribution < 1.29 is 14.3 Å². The van der Waals surface area contributed by atoms with Crippen molar-refractivity contribution in [1.82, 2.24) is 20.2 Å². The number of rotatable bonds is 4. The molecule has 1 N–H and O–H groups in total. The van der Waals surface area contributed by atoms with E-state index in [1.807, 2.05) is 44.7 Å². The first-order valence-electron chi connectivity index (χ1n) is 14.1. The van der Waals surface area contributed by atoms with Crippen LogP contribution in [0.5, 0.6) is 0 Å². The molecule has 2 aromatic heterocycles. The second-order valence-corrected chi connectivity index (χ2v) is 14.7. The van der Waals surface area contributed by atoms with Gasteiger partial charge in [-0.2, -0.15) is 0 Å². The molecule has 40 heavy (non-hydrogen) atoms. The maximum Gasteiger partial charge on any atom is 0.411 e. The average molecular weight is 581 g/mol. The van der Waals surface area contributed by atoms with Gasteiger partial charge < -0.3 is 10.1 Å². The standard InChI is InChI=1S/C31H37ClN4O3S/c1-17-33-25(21-9-12-40-27(21)34-17)23-14-22(23)20-8-7-18(13-24(20)32)26(37)35-19-15-30(5)10-11-31(6,16-19)36(30)28(38)39-29(2,3)4/h7-9,12-13,19,22-23H,10-11,14-16H2,1-6H3,(H,35,37)/t19?,22?,23?,30-,31+. The average Bonchev–Trinajstić information content (AvgIpc) is 3.43. The van der Waals surface area contributed by atoms with Gasteiger partial charge in [0.15, 0.2) is 0 Å². The van der Waals surface area contributed by atoms with E-state index in [9.17, 15) is 9.59 Å². The summed E-state index contributed by atoms with van der Waals surface area (Å²) in [6, 6.07) is 7.73. The molecule has 1 saturated carbocycles. The third-order valence-corrected chi connectivity index (χ3v) is 9.97. The predicted octanol–water partition coefficient (Wildman–Crippen LogP) is 7.36. The summed E-state index contributed by atoms with van der Waals surface area (Å²) >= 11 is 8.41. The molecule has 3 aliphatic rings. The van der Waals surface area contributed by atoms with Gasteiger partial charge in [0.25, 0.3) is 5.91 Å². The van der Waals surface area contributed by atoms with Gasteiger partial charge in [-0.3, -0.25) is 9.69 Å². The van der Waals surface area contributed by atoms with Crippen molar-refractivity contribution in [2.24, 2.45) is 0 Å². The first kappa shape index (κ1) is 27.5. The van der Waals surface area contributed by atoms with Crippen molar-refractivity contribution in [1.29, 1.82) is 0 Å². The third-order valence-electron chi connectivity index (χ3n) is 8.84. The fourth-order valence-electron chi connectivity index (χ4n) is 7.14. The largest absolute Gasteiger partial charge is 0.444 e. The topological polar surface area (TPSA) is 84.4 Å². The minimum atomic E-state index is -0.551. The van der Waals surface area contributed by atoms with Crippen molar-refractivity contribution >= 4 is 45.2 Å². The van der Waals surface area contributed by atoms with E-state index in [1.54, 1.807) is 17.4 Å². The Labute approximate surface area is 244 Å². The fraction of sp³-hybridized carbons (Fsp3) is 0.548. The van der Waals surface area contributed by atoms with Crippen molar-refractivity contribution in [2.45, 2.75) is 108 Å². The van der Waals surface area contributed by atoms with Gasteiger partial charge in [0.1, 0.15) is 16.3 Å². The number of halogens is 1. The Morgan fingerprint density at radius 1 is 1.10 bits per heavy atom. The highest BCUT2D eigenvalue weighted by atomic mass is 35.5. The molecule has 212 valence electrons. The van der Waals surface area contributed by atoms with Crippen LogP contribution in [0.1, 0.15) is 106 Å². The van der Waals surface area contributed by atoms with E-state index in [0.29, 0.717) is 29.3 Å². The summed E-state index contributed by atoms with van der Waals surface area (Å²) in [6.07, 6.45) is 3.89. The third kappa shape index (κ3) is 4.87. The summed E-state index contributed by atoms with van der Waals surface area (Å²) in [4.78, 5) is 38.8. The number of carbonyl (C=O) groups is 2. The number of nitrogens with zero attached hydrogens (tertiary/aromatic N) is 3. The van der Waals surface area contributed by atoms with Gasteiger partial charge >= 0.3 is 6.09 Å². The number of piperidine rings is 1. The number of aromatic nitrogens is 2. The van der Waals surface area contributed by atoms with Gasteiger partial charge in [0, 0.05) is 39.0 Å². The molecule has 1 aromatic carbocycles. The van der Waals surface area contributed by atoms with E-state index in [1.165, 1.54) is 0 Å². The second-order valence-electron chi connectivity index (χ2n) is 13.4. The molecule has 3 unspecified atom stereocenters. The Morgan fingerprint density at radius 2 is 1.80 bits per heavy atom. The summed E-state index contributed by atoms with van der Waals surface area (Å²) in [5.41, 5.74) is 1.45. The van der Waals surface area contributed by atoms with Crippen LogP contribution in [0.2, 0.25) is 5.02 Å². The Hall–Kier alpha value is -2.71. The zero-order chi connectivity index (χ0) is 28.6. The number of aryl methyl sites for hydroxylation is 1. The molecule has 6 rings (SSSR count). The quantitative estimate of drug-likeness (QED) is 0.348. The lowest BCUT2D eigenvalue weighted by Gasteiger charge is -2.50. The molecule has 7 nitrogen and oxygen atoms in total. The Kier molecular flexibility index (Phi) is 6.46. The minimum absolute atomic E-state index is 0.0380. The van der Waals surface area contributed by atoms with Crippen LogP contribution in [-0.4, -0.2) is 49.6 Å². The summed E-state index contributed by atoms with van der Waals surface area (Å²) in [7, 11) is 0. The fourth-order valence-corrected chi connectivity index (χ4v) is 8.27. The normalized spacial score (nSPS) is 29.5. The van der Waals surface area contributed by atoms with Crippen LogP contribution in [0.15, 0.2) is 29.6 Å². The van der Waals surface area contributed by atoms with E-state index >= 15 is 0 Å². The van der Waals surface area contributed by atoms with Gasteiger partial charge in [0.2, 0.25) is 0 Å². The molecule has 4 heterocycles. The number of amides is 2. The first-order chi connectivity index (χ1) is 18.8. The molecular formula is C31H37ClN4O3S. The molecule has 3 fully saturated rings. The number of thiophene rings is 1. The molecule has 0 spiro atoms. The van der Waals surface area contributed by atoms with Crippen LogP contribution >= 0.6 is 22.9 Å². The molecular weight excluding hydrogens is 544 g/mol. The molecule has 2 aliphatic heterocycles. The van der Waals surface area contributed by atoms with Crippen LogP contribution in [0.25, 0.3) is 10.2 Å². The number of carbonyl (C=O) groups excluding carboxylic acids is 2. The number of benzene rings is 1. The predicted molar refractivity (Wildman–Crippen MR) is 158 cm³/mol. The number of ether oxygens (including phenoxy) is 1. The van der Waals surface area contributed by atoms with Crippen LogP contribution in [0, 0.1) is 6.92 Å². The van der Waals surface area contributed by atoms with Gasteiger partial charge in [-0.15, -0.1) is 11.3 Å². The number of fused-ring (bicyclic) bond motifs is 3. The van der Waals surface area contributed by atoms with E-state index in [4.69, 9.17) is 21.3 Å². The van der Waals surface area contributed by atoms with Crippen molar-refractivity contribution in [3.63, 3.8) is 0 Å². The monoisotopic (exact) mass is 580 g/mol. The van der Waals surface area contributed by atoms with E-state index in [0.717, 1.165) is 46.6 Å². The zero-order valence-corrected chi connectivity index (χ0v) is 25.6. The lowest BCUT2D eigenvalue weighted by molar-refractivity contribution is -0.0375. The molecule has 2 bridgehead atoms. The number of nitrogens with one attached hydrogen (secondary N) is 1. The van der Waals surface area contributed by atoms with E-state index in [2.05, 4.69) is 35.6 Å². The zero-order valence-electron chi connectivity index (χ0n) is 24.0. The smallest absolute Gasteiger partial charge is 0.411 e. The van der Waals surface area contributed by atoms with Crippen LogP contribution in [-0.2, 0) is 4.74 Å². The van der Waals surface area contributed by atoms with Crippen molar-refractivity contribution in [3.05, 3.63) is 57.3 Å². The molecule has 5 atom stereocenters. The second kappa shape index (κ2) is 9.41. The SMILES string of the molecule is Cc1nc(C2CC2c2ccc(C(=O)NC3C[C@]4(C)CC[C@](C)(C3)N4C(=O)OC(C)(C)C)cc2Cl)c2ccsc2n1. The summed E-state index contributed by atoms with van der Waals surface area (Å²) < 4.78 is 5.76. The van der Waals surface area contributed by atoms with Crippen LogP contribution < -0.4 is 5.32 Å².